The Balaban J connectivity index is 1.28. The van der Waals surface area contributed by atoms with Crippen molar-refractivity contribution in [1.29, 1.82) is 0 Å². The SMILES string of the molecule is O=C(CNC(=O)OCC1c2ccccc2-c2ccccc21)NC(Cc1ccc([N+](=O)[O-])cc1)C(=O)O. The molecule has 4 rings (SSSR count). The lowest BCUT2D eigenvalue weighted by Crippen LogP contribution is -2.46. The van der Waals surface area contributed by atoms with E-state index in [2.05, 4.69) is 10.6 Å². The lowest BCUT2D eigenvalue weighted by molar-refractivity contribution is -0.384. The molecule has 36 heavy (non-hydrogen) atoms. The number of fused-ring (bicyclic) bond motifs is 3. The number of carboxylic acids is 1. The molecule has 0 aliphatic heterocycles. The topological polar surface area (TPSA) is 148 Å². The summed E-state index contributed by atoms with van der Waals surface area (Å²) in [6.45, 7) is -0.389. The van der Waals surface area contributed by atoms with Gasteiger partial charge in [0.1, 0.15) is 19.2 Å². The van der Waals surface area contributed by atoms with Crippen LogP contribution < -0.4 is 10.6 Å². The number of nitro benzene ring substituents is 1. The van der Waals surface area contributed by atoms with Gasteiger partial charge in [0.15, 0.2) is 0 Å². The normalized spacial score (nSPS) is 12.7. The van der Waals surface area contributed by atoms with Gasteiger partial charge in [-0.3, -0.25) is 14.9 Å². The monoisotopic (exact) mass is 489 g/mol. The number of carbonyl (C=O) groups is 3. The maximum absolute atomic E-state index is 12.2. The molecule has 0 aromatic heterocycles. The average molecular weight is 489 g/mol. The van der Waals surface area contributed by atoms with E-state index in [9.17, 15) is 29.6 Å². The van der Waals surface area contributed by atoms with Crippen molar-refractivity contribution in [2.45, 2.75) is 18.4 Å². The number of hydrogen-bond acceptors (Lipinski definition) is 6. The fourth-order valence-corrected chi connectivity index (χ4v) is 4.24. The Morgan fingerprint density at radius 1 is 0.944 bits per heavy atom. The Labute approximate surface area is 206 Å². The van der Waals surface area contributed by atoms with Crippen LogP contribution in [0.4, 0.5) is 10.5 Å². The van der Waals surface area contributed by atoms with E-state index in [0.717, 1.165) is 22.3 Å². The van der Waals surface area contributed by atoms with Gasteiger partial charge in [-0.15, -0.1) is 0 Å². The number of carbonyl (C=O) groups excluding carboxylic acids is 2. The number of alkyl carbamates (subject to hydrolysis) is 1. The summed E-state index contributed by atoms with van der Waals surface area (Å²) in [6.07, 6.45) is -0.876. The molecule has 0 heterocycles. The molecule has 2 amide bonds. The first-order chi connectivity index (χ1) is 17.3. The number of nitro groups is 1. The van der Waals surface area contributed by atoms with E-state index in [1.165, 1.54) is 24.3 Å². The fourth-order valence-electron chi connectivity index (χ4n) is 4.24. The van der Waals surface area contributed by atoms with E-state index in [-0.39, 0.29) is 24.6 Å². The predicted molar refractivity (Wildman–Crippen MR) is 129 cm³/mol. The van der Waals surface area contributed by atoms with Crippen molar-refractivity contribution in [3.63, 3.8) is 0 Å². The number of benzene rings is 3. The number of aliphatic carboxylic acids is 1. The van der Waals surface area contributed by atoms with Crippen LogP contribution in [0.5, 0.6) is 0 Å². The Kier molecular flexibility index (Phi) is 7.24. The molecular weight excluding hydrogens is 466 g/mol. The third-order valence-corrected chi connectivity index (χ3v) is 5.96. The summed E-state index contributed by atoms with van der Waals surface area (Å²) in [4.78, 5) is 46.3. The van der Waals surface area contributed by atoms with Crippen molar-refractivity contribution in [3.8, 4) is 11.1 Å². The summed E-state index contributed by atoms with van der Waals surface area (Å²) < 4.78 is 5.37. The van der Waals surface area contributed by atoms with Crippen molar-refractivity contribution in [2.75, 3.05) is 13.2 Å². The molecule has 0 saturated carbocycles. The number of non-ortho nitro benzene ring substituents is 1. The Morgan fingerprint density at radius 3 is 2.08 bits per heavy atom. The lowest BCUT2D eigenvalue weighted by Gasteiger charge is -2.16. The van der Waals surface area contributed by atoms with Gasteiger partial charge < -0.3 is 20.5 Å². The third kappa shape index (κ3) is 5.49. The van der Waals surface area contributed by atoms with Crippen LogP contribution in [0.15, 0.2) is 72.8 Å². The maximum Gasteiger partial charge on any atom is 0.407 e. The van der Waals surface area contributed by atoms with Crippen LogP contribution in [0.3, 0.4) is 0 Å². The Bertz CT molecular complexity index is 1260. The van der Waals surface area contributed by atoms with Gasteiger partial charge in [0, 0.05) is 24.5 Å². The van der Waals surface area contributed by atoms with Gasteiger partial charge in [-0.1, -0.05) is 60.7 Å². The van der Waals surface area contributed by atoms with E-state index >= 15 is 0 Å². The molecule has 0 spiro atoms. The van der Waals surface area contributed by atoms with E-state index in [4.69, 9.17) is 4.74 Å². The zero-order valence-corrected chi connectivity index (χ0v) is 19.0. The first-order valence-electron chi connectivity index (χ1n) is 11.2. The van der Waals surface area contributed by atoms with Crippen LogP contribution in [-0.2, 0) is 20.7 Å². The van der Waals surface area contributed by atoms with E-state index < -0.39 is 35.5 Å². The molecule has 1 atom stereocenters. The molecule has 10 heteroatoms. The lowest BCUT2D eigenvalue weighted by atomic mass is 9.98. The van der Waals surface area contributed by atoms with Gasteiger partial charge in [0.25, 0.3) is 5.69 Å². The zero-order chi connectivity index (χ0) is 25.7. The van der Waals surface area contributed by atoms with Crippen LogP contribution in [-0.4, -0.2) is 47.2 Å². The standard InChI is InChI=1S/C26H23N3O7/c30-24(28-23(25(31)32)13-16-9-11-17(12-10-16)29(34)35)14-27-26(33)36-15-22-20-7-3-1-5-18(20)19-6-2-4-8-21(19)22/h1-12,22-23H,13-15H2,(H,27,33)(H,28,30)(H,31,32). The largest absolute Gasteiger partial charge is 0.480 e. The summed E-state index contributed by atoms with van der Waals surface area (Å²) in [6, 6.07) is 19.9. The third-order valence-electron chi connectivity index (χ3n) is 5.96. The van der Waals surface area contributed by atoms with Gasteiger partial charge in [-0.25, -0.2) is 9.59 Å². The van der Waals surface area contributed by atoms with Crippen molar-refractivity contribution in [2.24, 2.45) is 0 Å². The molecule has 0 radical (unpaired) electrons. The molecule has 10 nitrogen and oxygen atoms in total. The van der Waals surface area contributed by atoms with E-state index in [1.54, 1.807) is 0 Å². The van der Waals surface area contributed by atoms with Gasteiger partial charge in [0.2, 0.25) is 5.91 Å². The summed E-state index contributed by atoms with van der Waals surface area (Å²) >= 11 is 0. The molecule has 3 aromatic rings. The molecule has 0 bridgehead atoms. The van der Waals surface area contributed by atoms with Gasteiger partial charge in [-0.05, 0) is 27.8 Å². The van der Waals surface area contributed by atoms with E-state index in [0.29, 0.717) is 5.56 Å². The molecule has 3 N–H and O–H groups in total. The minimum atomic E-state index is -1.28. The van der Waals surface area contributed by atoms with Crippen molar-refractivity contribution in [3.05, 3.63) is 99.6 Å². The maximum atomic E-state index is 12.2. The van der Waals surface area contributed by atoms with Gasteiger partial charge in [-0.2, -0.15) is 0 Å². The summed E-state index contributed by atoms with van der Waals surface area (Å²) in [5.74, 6) is -2.12. The molecule has 184 valence electrons. The van der Waals surface area contributed by atoms with E-state index in [1.807, 2.05) is 48.5 Å². The minimum absolute atomic E-state index is 0.0794. The van der Waals surface area contributed by atoms with Crippen molar-refractivity contribution >= 4 is 23.7 Å². The average Bonchev–Trinajstić information content (AvgIpc) is 3.19. The molecule has 1 unspecified atom stereocenters. The van der Waals surface area contributed by atoms with Crippen LogP contribution in [0, 0.1) is 10.1 Å². The second-order valence-electron chi connectivity index (χ2n) is 8.27. The quantitative estimate of drug-likeness (QED) is 0.309. The highest BCUT2D eigenvalue weighted by atomic mass is 16.6. The van der Waals surface area contributed by atoms with Gasteiger partial charge in [0.05, 0.1) is 4.92 Å². The number of carboxylic acid groups (broad SMARTS) is 1. The summed E-state index contributed by atoms with van der Waals surface area (Å²) in [5.41, 5.74) is 4.67. The number of rotatable bonds is 9. The second kappa shape index (κ2) is 10.7. The summed E-state index contributed by atoms with van der Waals surface area (Å²) in [5, 5.41) is 24.9. The van der Waals surface area contributed by atoms with Crippen LogP contribution in [0.2, 0.25) is 0 Å². The van der Waals surface area contributed by atoms with Crippen molar-refractivity contribution in [1.82, 2.24) is 10.6 Å². The molecule has 1 aliphatic rings. The number of amides is 2. The highest BCUT2D eigenvalue weighted by molar-refractivity contribution is 5.87. The Morgan fingerprint density at radius 2 is 1.53 bits per heavy atom. The first kappa shape index (κ1) is 24.4. The predicted octanol–water partition coefficient (Wildman–Crippen LogP) is 3.25. The minimum Gasteiger partial charge on any atom is -0.480 e. The first-order valence-corrected chi connectivity index (χ1v) is 11.2. The smallest absolute Gasteiger partial charge is 0.407 e. The number of hydrogen-bond donors (Lipinski definition) is 3. The van der Waals surface area contributed by atoms with Crippen LogP contribution in [0.25, 0.3) is 11.1 Å². The second-order valence-corrected chi connectivity index (χ2v) is 8.27. The molecule has 0 saturated heterocycles. The molecule has 0 fully saturated rings. The molecular formula is C26H23N3O7. The van der Waals surface area contributed by atoms with Gasteiger partial charge >= 0.3 is 12.1 Å². The van der Waals surface area contributed by atoms with Crippen LogP contribution >= 0.6 is 0 Å². The number of nitrogens with one attached hydrogen (secondary N) is 2. The zero-order valence-electron chi connectivity index (χ0n) is 19.0. The van der Waals surface area contributed by atoms with Crippen LogP contribution in [0.1, 0.15) is 22.6 Å². The fraction of sp³-hybridized carbons (Fsp3) is 0.192. The summed E-state index contributed by atoms with van der Waals surface area (Å²) in [7, 11) is 0. The highest BCUT2D eigenvalue weighted by Gasteiger charge is 2.29. The molecule has 1 aliphatic carbocycles. The Hall–Kier alpha value is -4.73. The molecule has 3 aromatic carbocycles. The highest BCUT2D eigenvalue weighted by Crippen LogP contribution is 2.44. The number of ether oxygens (including phenoxy) is 1. The van der Waals surface area contributed by atoms with Crippen molar-refractivity contribution < 1.29 is 29.2 Å². The number of nitrogens with zero attached hydrogens (tertiary/aromatic N) is 1.